The Morgan fingerprint density at radius 1 is 1.09 bits per heavy atom. The van der Waals surface area contributed by atoms with Gasteiger partial charge in [-0.3, -0.25) is 0 Å². The van der Waals surface area contributed by atoms with Crippen molar-refractivity contribution in [2.75, 3.05) is 36.5 Å². The lowest BCUT2D eigenvalue weighted by atomic mass is 10.1. The van der Waals surface area contributed by atoms with Crippen LogP contribution in [0.5, 0.6) is 0 Å². The third kappa shape index (κ3) is 3.54. The number of anilines is 2. The quantitative estimate of drug-likeness (QED) is 0.940. The van der Waals surface area contributed by atoms with Gasteiger partial charge < -0.3 is 15.0 Å². The molecule has 0 bridgehead atoms. The van der Waals surface area contributed by atoms with Gasteiger partial charge in [-0.2, -0.15) is 4.98 Å². The Hall–Kier alpha value is -2.14. The Labute approximate surface area is 131 Å². The maximum Gasteiger partial charge on any atom is 0.228 e. The van der Waals surface area contributed by atoms with Gasteiger partial charge in [0.2, 0.25) is 5.95 Å². The number of ether oxygens (including phenoxy) is 1. The lowest BCUT2D eigenvalue weighted by Crippen LogP contribution is -2.37. The highest BCUT2D eigenvalue weighted by molar-refractivity contribution is 5.64. The van der Waals surface area contributed by atoms with Crippen molar-refractivity contribution in [3.8, 4) is 11.3 Å². The second kappa shape index (κ2) is 6.75. The van der Waals surface area contributed by atoms with Gasteiger partial charge in [-0.15, -0.1) is 0 Å². The highest BCUT2D eigenvalue weighted by Gasteiger charge is 2.16. The third-order valence-corrected chi connectivity index (χ3v) is 3.51. The zero-order valence-electron chi connectivity index (χ0n) is 13.1. The summed E-state index contributed by atoms with van der Waals surface area (Å²) in [4.78, 5) is 11.6. The maximum atomic E-state index is 5.42. The van der Waals surface area contributed by atoms with E-state index in [0.29, 0.717) is 6.04 Å². The van der Waals surface area contributed by atoms with Crippen molar-refractivity contribution in [2.24, 2.45) is 0 Å². The van der Waals surface area contributed by atoms with E-state index >= 15 is 0 Å². The van der Waals surface area contributed by atoms with Crippen LogP contribution in [0.4, 0.5) is 11.8 Å². The largest absolute Gasteiger partial charge is 0.378 e. The van der Waals surface area contributed by atoms with E-state index in [1.807, 2.05) is 24.3 Å². The van der Waals surface area contributed by atoms with Gasteiger partial charge in [-0.25, -0.2) is 4.98 Å². The predicted molar refractivity (Wildman–Crippen MR) is 89.3 cm³/mol. The minimum atomic E-state index is 0.330. The summed E-state index contributed by atoms with van der Waals surface area (Å²) < 4.78 is 5.42. The van der Waals surface area contributed by atoms with Crippen LogP contribution >= 0.6 is 0 Å². The molecule has 0 spiro atoms. The standard InChI is InChI=1S/C17H22N4O/c1-13(2)18-16-12-15(14-6-4-3-5-7-14)19-17(20-16)21-8-10-22-11-9-21/h3-7,12-13H,8-11H2,1-2H3,(H,18,19,20). The topological polar surface area (TPSA) is 50.3 Å². The molecule has 0 atom stereocenters. The van der Waals surface area contributed by atoms with Gasteiger partial charge in [-0.1, -0.05) is 30.3 Å². The van der Waals surface area contributed by atoms with E-state index in [-0.39, 0.29) is 0 Å². The fraction of sp³-hybridized carbons (Fsp3) is 0.412. The fourth-order valence-electron chi connectivity index (χ4n) is 2.47. The van der Waals surface area contributed by atoms with Crippen LogP contribution in [0.1, 0.15) is 13.8 Å². The van der Waals surface area contributed by atoms with Crippen molar-refractivity contribution < 1.29 is 4.74 Å². The molecule has 1 fully saturated rings. The molecule has 116 valence electrons. The molecule has 0 amide bonds. The van der Waals surface area contributed by atoms with E-state index in [0.717, 1.165) is 49.3 Å². The van der Waals surface area contributed by atoms with E-state index in [4.69, 9.17) is 9.72 Å². The first-order valence-electron chi connectivity index (χ1n) is 7.76. The molecule has 5 heteroatoms. The Balaban J connectivity index is 1.97. The molecule has 1 saturated heterocycles. The normalized spacial score (nSPS) is 15.1. The second-order valence-electron chi connectivity index (χ2n) is 5.70. The van der Waals surface area contributed by atoms with Crippen molar-refractivity contribution in [3.05, 3.63) is 36.4 Å². The lowest BCUT2D eigenvalue weighted by molar-refractivity contribution is 0.122. The van der Waals surface area contributed by atoms with Crippen LogP contribution in [0.3, 0.4) is 0 Å². The van der Waals surface area contributed by atoms with E-state index in [1.54, 1.807) is 0 Å². The lowest BCUT2D eigenvalue weighted by Gasteiger charge is -2.27. The number of benzene rings is 1. The SMILES string of the molecule is CC(C)Nc1cc(-c2ccccc2)nc(N2CCOCC2)n1. The van der Waals surface area contributed by atoms with Gasteiger partial charge in [0.1, 0.15) is 5.82 Å². The van der Waals surface area contributed by atoms with Crippen LogP contribution < -0.4 is 10.2 Å². The predicted octanol–water partition coefficient (Wildman–Crippen LogP) is 2.80. The van der Waals surface area contributed by atoms with Gasteiger partial charge in [-0.05, 0) is 13.8 Å². The molecular weight excluding hydrogens is 276 g/mol. The summed E-state index contributed by atoms with van der Waals surface area (Å²) in [6.07, 6.45) is 0. The number of rotatable bonds is 4. The molecule has 0 aliphatic carbocycles. The molecule has 0 unspecified atom stereocenters. The van der Waals surface area contributed by atoms with Crippen LogP contribution in [0, 0.1) is 0 Å². The molecular formula is C17H22N4O. The summed E-state index contributed by atoms with van der Waals surface area (Å²) in [7, 11) is 0. The summed E-state index contributed by atoms with van der Waals surface area (Å²) >= 11 is 0. The molecule has 2 aromatic rings. The highest BCUT2D eigenvalue weighted by atomic mass is 16.5. The number of hydrogen-bond acceptors (Lipinski definition) is 5. The minimum Gasteiger partial charge on any atom is -0.378 e. The molecule has 0 radical (unpaired) electrons. The Morgan fingerprint density at radius 2 is 1.82 bits per heavy atom. The van der Waals surface area contributed by atoms with E-state index < -0.39 is 0 Å². The molecule has 3 rings (SSSR count). The van der Waals surface area contributed by atoms with E-state index in [2.05, 4.69) is 41.2 Å². The monoisotopic (exact) mass is 298 g/mol. The smallest absolute Gasteiger partial charge is 0.228 e. The average Bonchev–Trinajstić information content (AvgIpc) is 2.55. The number of hydrogen-bond donors (Lipinski definition) is 1. The Morgan fingerprint density at radius 3 is 2.50 bits per heavy atom. The van der Waals surface area contributed by atoms with Crippen molar-refractivity contribution >= 4 is 11.8 Å². The van der Waals surface area contributed by atoms with Crippen molar-refractivity contribution in [1.82, 2.24) is 9.97 Å². The summed E-state index contributed by atoms with van der Waals surface area (Å²) in [6.45, 7) is 7.34. The van der Waals surface area contributed by atoms with Gasteiger partial charge in [0.25, 0.3) is 0 Å². The van der Waals surface area contributed by atoms with Crippen LogP contribution in [-0.2, 0) is 4.74 Å². The molecule has 1 N–H and O–H groups in total. The average molecular weight is 298 g/mol. The van der Waals surface area contributed by atoms with Crippen LogP contribution in [0.25, 0.3) is 11.3 Å². The molecule has 1 aliphatic heterocycles. The molecule has 2 heterocycles. The molecule has 0 saturated carbocycles. The van der Waals surface area contributed by atoms with Crippen LogP contribution in [0.15, 0.2) is 36.4 Å². The highest BCUT2D eigenvalue weighted by Crippen LogP contribution is 2.23. The van der Waals surface area contributed by atoms with Crippen LogP contribution in [0.2, 0.25) is 0 Å². The minimum absolute atomic E-state index is 0.330. The fourth-order valence-corrected chi connectivity index (χ4v) is 2.47. The van der Waals surface area contributed by atoms with Gasteiger partial charge in [0, 0.05) is 30.8 Å². The van der Waals surface area contributed by atoms with Gasteiger partial charge in [0.15, 0.2) is 0 Å². The third-order valence-electron chi connectivity index (χ3n) is 3.51. The van der Waals surface area contributed by atoms with E-state index in [1.165, 1.54) is 0 Å². The van der Waals surface area contributed by atoms with E-state index in [9.17, 15) is 0 Å². The Kier molecular flexibility index (Phi) is 4.53. The first-order chi connectivity index (χ1) is 10.7. The molecule has 1 aromatic heterocycles. The number of aromatic nitrogens is 2. The van der Waals surface area contributed by atoms with Crippen molar-refractivity contribution in [2.45, 2.75) is 19.9 Å². The summed E-state index contributed by atoms with van der Waals surface area (Å²) in [6, 6.07) is 12.6. The zero-order chi connectivity index (χ0) is 15.4. The molecule has 1 aromatic carbocycles. The summed E-state index contributed by atoms with van der Waals surface area (Å²) in [5.41, 5.74) is 2.05. The number of nitrogens with zero attached hydrogens (tertiary/aromatic N) is 3. The van der Waals surface area contributed by atoms with Crippen molar-refractivity contribution in [3.63, 3.8) is 0 Å². The first kappa shape index (κ1) is 14.8. The maximum absolute atomic E-state index is 5.42. The zero-order valence-corrected chi connectivity index (χ0v) is 13.1. The van der Waals surface area contributed by atoms with Crippen LogP contribution in [-0.4, -0.2) is 42.3 Å². The molecule has 5 nitrogen and oxygen atoms in total. The number of morpholine rings is 1. The molecule has 1 aliphatic rings. The molecule has 22 heavy (non-hydrogen) atoms. The van der Waals surface area contributed by atoms with Crippen molar-refractivity contribution in [1.29, 1.82) is 0 Å². The Bertz CT molecular complexity index is 609. The number of nitrogens with one attached hydrogen (secondary N) is 1. The second-order valence-corrected chi connectivity index (χ2v) is 5.70. The summed E-state index contributed by atoms with van der Waals surface area (Å²) in [5, 5.41) is 3.39. The van der Waals surface area contributed by atoms with Gasteiger partial charge in [0.05, 0.1) is 18.9 Å². The van der Waals surface area contributed by atoms with Gasteiger partial charge >= 0.3 is 0 Å². The first-order valence-corrected chi connectivity index (χ1v) is 7.76. The summed E-state index contributed by atoms with van der Waals surface area (Å²) in [5.74, 6) is 1.64.